The van der Waals surface area contributed by atoms with Gasteiger partial charge in [0.2, 0.25) is 0 Å². The summed E-state index contributed by atoms with van der Waals surface area (Å²) in [5, 5.41) is 18.9. The van der Waals surface area contributed by atoms with Crippen molar-refractivity contribution in [1.29, 1.82) is 0 Å². The minimum atomic E-state index is 0.354. The quantitative estimate of drug-likeness (QED) is 0.557. The fourth-order valence-electron chi connectivity index (χ4n) is 0.728. The molecule has 0 fully saturated rings. The van der Waals surface area contributed by atoms with Crippen LogP contribution in [0.4, 0.5) is 5.95 Å². The van der Waals surface area contributed by atoms with Crippen LogP contribution in [-0.4, -0.2) is 26.8 Å². The van der Waals surface area contributed by atoms with Gasteiger partial charge in [-0.15, -0.1) is 16.4 Å². The Morgan fingerprint density at radius 2 is 2.62 bits per heavy atom. The average Bonchev–Trinajstić information content (AvgIpc) is 2.75. The molecule has 0 bridgehead atoms. The molecule has 0 saturated heterocycles. The zero-order chi connectivity index (χ0) is 8.93. The highest BCUT2D eigenvalue weighted by molar-refractivity contribution is 7.11. The van der Waals surface area contributed by atoms with Crippen molar-refractivity contribution in [2.75, 3.05) is 5.43 Å². The Morgan fingerprint density at radius 3 is 3.31 bits per heavy atom. The Hall–Kier alpha value is -1.76. The molecule has 66 valence electrons. The van der Waals surface area contributed by atoms with Gasteiger partial charge >= 0.3 is 0 Å². The maximum atomic E-state index is 3.91. The number of rotatable bonds is 3. The summed E-state index contributed by atoms with van der Waals surface area (Å²) in [5.74, 6) is 0.354. The zero-order valence-electron chi connectivity index (χ0n) is 6.51. The molecule has 0 atom stereocenters. The lowest BCUT2D eigenvalue weighted by atomic mass is 10.5. The molecule has 0 aliphatic heterocycles. The number of hydrazone groups is 1. The minimum Gasteiger partial charge on any atom is -0.243 e. The van der Waals surface area contributed by atoms with Crippen LogP contribution in [0.3, 0.4) is 0 Å². The maximum Gasteiger partial charge on any atom is 0.283 e. The van der Waals surface area contributed by atoms with Crippen LogP contribution in [0, 0.1) is 0 Å². The van der Waals surface area contributed by atoms with Crippen molar-refractivity contribution >= 4 is 23.5 Å². The predicted octanol–water partition coefficient (Wildman–Crippen LogP) is 0.707. The van der Waals surface area contributed by atoms with E-state index in [1.807, 2.05) is 17.5 Å². The first-order valence-corrected chi connectivity index (χ1v) is 4.39. The smallest absolute Gasteiger partial charge is 0.243 e. The van der Waals surface area contributed by atoms with E-state index >= 15 is 0 Å². The van der Waals surface area contributed by atoms with E-state index in [1.54, 1.807) is 17.6 Å². The highest BCUT2D eigenvalue weighted by atomic mass is 32.1. The molecular weight excluding hydrogens is 188 g/mol. The number of nitrogens with one attached hydrogen (secondary N) is 2. The van der Waals surface area contributed by atoms with Crippen molar-refractivity contribution in [3.8, 4) is 0 Å². The van der Waals surface area contributed by atoms with Gasteiger partial charge < -0.3 is 0 Å². The third kappa shape index (κ3) is 2.09. The summed E-state index contributed by atoms with van der Waals surface area (Å²) in [6.07, 6.45) is 1.70. The van der Waals surface area contributed by atoms with Crippen molar-refractivity contribution in [3.05, 3.63) is 22.4 Å². The molecule has 2 aromatic heterocycles. The first-order valence-electron chi connectivity index (χ1n) is 3.51. The van der Waals surface area contributed by atoms with E-state index < -0.39 is 0 Å². The number of tetrazole rings is 1. The van der Waals surface area contributed by atoms with Crippen LogP contribution in [-0.2, 0) is 0 Å². The summed E-state index contributed by atoms with van der Waals surface area (Å²) in [6.45, 7) is 0. The number of aromatic nitrogens is 4. The Kier molecular flexibility index (Phi) is 2.28. The number of hydrogen-bond donors (Lipinski definition) is 2. The van der Waals surface area contributed by atoms with Crippen LogP contribution < -0.4 is 5.43 Å². The van der Waals surface area contributed by atoms with Crippen LogP contribution in [0.1, 0.15) is 4.88 Å². The lowest BCUT2D eigenvalue weighted by Gasteiger charge is -1.87. The first-order chi connectivity index (χ1) is 6.45. The summed E-state index contributed by atoms with van der Waals surface area (Å²) in [4.78, 5) is 1.07. The Labute approximate surface area is 77.7 Å². The van der Waals surface area contributed by atoms with Gasteiger partial charge in [-0.3, -0.25) is 0 Å². The molecule has 0 radical (unpaired) electrons. The van der Waals surface area contributed by atoms with Crippen LogP contribution in [0.25, 0.3) is 0 Å². The molecule has 0 aromatic carbocycles. The van der Waals surface area contributed by atoms with Gasteiger partial charge in [0.25, 0.3) is 5.95 Å². The standard InChI is InChI=1S/C6H6N6S/c1-2-5(13-3-1)4-7-8-6-9-11-12-10-6/h1-4H,(H2,8,9,10,11,12)/b7-4-. The second kappa shape index (κ2) is 3.76. The lowest BCUT2D eigenvalue weighted by Crippen LogP contribution is -1.91. The molecule has 0 aliphatic rings. The zero-order valence-corrected chi connectivity index (χ0v) is 7.32. The van der Waals surface area contributed by atoms with Gasteiger partial charge in [0, 0.05) is 4.88 Å². The molecule has 0 unspecified atom stereocenters. The summed E-state index contributed by atoms with van der Waals surface area (Å²) in [6, 6.07) is 3.92. The van der Waals surface area contributed by atoms with E-state index in [0.717, 1.165) is 4.88 Å². The number of H-pyrrole nitrogens is 1. The van der Waals surface area contributed by atoms with Crippen LogP contribution >= 0.6 is 11.3 Å². The van der Waals surface area contributed by atoms with Crippen molar-refractivity contribution in [2.24, 2.45) is 5.10 Å². The van der Waals surface area contributed by atoms with Gasteiger partial charge in [-0.05, 0) is 16.7 Å². The molecule has 0 spiro atoms. The van der Waals surface area contributed by atoms with E-state index in [9.17, 15) is 0 Å². The average molecular weight is 194 g/mol. The Bertz CT molecular complexity index is 364. The van der Waals surface area contributed by atoms with Gasteiger partial charge in [-0.2, -0.15) is 10.3 Å². The van der Waals surface area contributed by atoms with E-state index in [1.165, 1.54) is 0 Å². The number of nitrogens with zero attached hydrogens (tertiary/aromatic N) is 4. The third-order valence-corrected chi connectivity index (χ3v) is 2.05. The third-order valence-electron chi connectivity index (χ3n) is 1.24. The molecule has 2 aromatic rings. The van der Waals surface area contributed by atoms with Crippen molar-refractivity contribution in [2.45, 2.75) is 0 Å². The number of aromatic amines is 1. The van der Waals surface area contributed by atoms with Crippen LogP contribution in [0.2, 0.25) is 0 Å². The fraction of sp³-hybridized carbons (Fsp3) is 0. The molecule has 0 saturated carbocycles. The minimum absolute atomic E-state index is 0.354. The van der Waals surface area contributed by atoms with Crippen LogP contribution in [0.5, 0.6) is 0 Å². The molecular formula is C6H6N6S. The number of hydrogen-bond acceptors (Lipinski definition) is 6. The van der Waals surface area contributed by atoms with Gasteiger partial charge in [-0.1, -0.05) is 11.2 Å². The summed E-state index contributed by atoms with van der Waals surface area (Å²) in [7, 11) is 0. The molecule has 6 nitrogen and oxygen atoms in total. The van der Waals surface area contributed by atoms with E-state index in [0.29, 0.717) is 5.95 Å². The Morgan fingerprint density at radius 1 is 1.62 bits per heavy atom. The van der Waals surface area contributed by atoms with Gasteiger partial charge in [0.05, 0.1) is 6.21 Å². The molecule has 2 rings (SSSR count). The number of anilines is 1. The van der Waals surface area contributed by atoms with Crippen molar-refractivity contribution < 1.29 is 0 Å². The van der Waals surface area contributed by atoms with Gasteiger partial charge in [-0.25, -0.2) is 5.43 Å². The lowest BCUT2D eigenvalue weighted by molar-refractivity contribution is 0.881. The normalized spacial score (nSPS) is 10.8. The van der Waals surface area contributed by atoms with E-state index in [2.05, 4.69) is 31.2 Å². The van der Waals surface area contributed by atoms with E-state index in [4.69, 9.17) is 0 Å². The molecule has 0 amide bonds. The first kappa shape index (κ1) is 7.87. The van der Waals surface area contributed by atoms with Crippen molar-refractivity contribution in [3.63, 3.8) is 0 Å². The van der Waals surface area contributed by atoms with E-state index in [-0.39, 0.29) is 0 Å². The summed E-state index contributed by atoms with van der Waals surface area (Å²) < 4.78 is 0. The second-order valence-electron chi connectivity index (χ2n) is 2.12. The molecule has 2 heterocycles. The predicted molar refractivity (Wildman–Crippen MR) is 49.7 cm³/mol. The monoisotopic (exact) mass is 194 g/mol. The molecule has 2 N–H and O–H groups in total. The SMILES string of the molecule is C(=N/Nc1nn[nH]n1)/c1cccs1. The number of thiophene rings is 1. The summed E-state index contributed by atoms with van der Waals surface area (Å²) in [5.41, 5.74) is 2.62. The molecule has 13 heavy (non-hydrogen) atoms. The van der Waals surface area contributed by atoms with Gasteiger partial charge in [0.1, 0.15) is 0 Å². The highest BCUT2D eigenvalue weighted by Crippen LogP contribution is 2.04. The fourth-order valence-corrected chi connectivity index (χ4v) is 1.31. The second-order valence-corrected chi connectivity index (χ2v) is 3.10. The van der Waals surface area contributed by atoms with Crippen LogP contribution in [0.15, 0.2) is 22.6 Å². The molecule has 0 aliphatic carbocycles. The Balaban J connectivity index is 1.93. The summed E-state index contributed by atoms with van der Waals surface area (Å²) >= 11 is 1.61. The highest BCUT2D eigenvalue weighted by Gasteiger charge is 1.91. The maximum absolute atomic E-state index is 3.91. The van der Waals surface area contributed by atoms with Crippen molar-refractivity contribution in [1.82, 2.24) is 20.6 Å². The topological polar surface area (TPSA) is 78.9 Å². The van der Waals surface area contributed by atoms with Gasteiger partial charge in [0.15, 0.2) is 0 Å². The molecule has 7 heteroatoms. The largest absolute Gasteiger partial charge is 0.283 e.